The van der Waals surface area contributed by atoms with Crippen LogP contribution in [0.5, 0.6) is 0 Å². The number of carbonyl (C=O) groups is 1. The number of carbonyl (C=O) groups excluding carboxylic acids is 1. The lowest BCUT2D eigenvalue weighted by Gasteiger charge is -2.09. The third-order valence-electron chi connectivity index (χ3n) is 4.38. The lowest BCUT2D eigenvalue weighted by Crippen LogP contribution is -2.24. The molecule has 0 bridgehead atoms. The Hall–Kier alpha value is -3.21. The summed E-state index contributed by atoms with van der Waals surface area (Å²) in [6, 6.07) is 17.5. The van der Waals surface area contributed by atoms with Gasteiger partial charge >= 0.3 is 0 Å². The Kier molecular flexibility index (Phi) is 3.69. The first kappa shape index (κ1) is 15.3. The van der Waals surface area contributed by atoms with Crippen molar-refractivity contribution in [1.82, 2.24) is 19.9 Å². The van der Waals surface area contributed by atoms with Crippen LogP contribution in [0.4, 0.5) is 0 Å². The fourth-order valence-corrected chi connectivity index (χ4v) is 3.10. The van der Waals surface area contributed by atoms with Crippen LogP contribution in [0.15, 0.2) is 54.6 Å². The van der Waals surface area contributed by atoms with Gasteiger partial charge in [-0.2, -0.15) is 0 Å². The minimum absolute atomic E-state index is 0.117. The molecule has 124 valence electrons. The number of rotatable bonds is 3. The van der Waals surface area contributed by atoms with Crippen LogP contribution in [-0.4, -0.2) is 20.4 Å². The monoisotopic (exact) mass is 330 g/mol. The van der Waals surface area contributed by atoms with Crippen molar-refractivity contribution in [3.8, 4) is 0 Å². The number of amides is 1. The normalized spacial score (nSPS) is 11.1. The number of benzene rings is 2. The summed E-state index contributed by atoms with van der Waals surface area (Å²) < 4.78 is 2.01. The van der Waals surface area contributed by atoms with Crippen molar-refractivity contribution >= 4 is 27.8 Å². The van der Waals surface area contributed by atoms with Gasteiger partial charge in [-0.05, 0) is 31.2 Å². The Balaban J connectivity index is 1.63. The Bertz CT molecular complexity index is 1100. The molecule has 0 saturated heterocycles. The predicted molar refractivity (Wildman–Crippen MR) is 98.4 cm³/mol. The van der Waals surface area contributed by atoms with Crippen LogP contribution in [0, 0.1) is 6.92 Å². The van der Waals surface area contributed by atoms with Gasteiger partial charge in [0.25, 0.3) is 5.91 Å². The van der Waals surface area contributed by atoms with Gasteiger partial charge in [-0.3, -0.25) is 9.78 Å². The summed E-state index contributed by atoms with van der Waals surface area (Å²) in [6.07, 6.45) is 0. The van der Waals surface area contributed by atoms with Crippen LogP contribution in [0.3, 0.4) is 0 Å². The number of nitrogens with zero attached hydrogens (tertiary/aromatic N) is 3. The molecule has 25 heavy (non-hydrogen) atoms. The van der Waals surface area contributed by atoms with E-state index in [1.54, 1.807) is 0 Å². The second kappa shape index (κ2) is 6.02. The Morgan fingerprint density at radius 1 is 1.04 bits per heavy atom. The first-order valence-electron chi connectivity index (χ1n) is 8.18. The van der Waals surface area contributed by atoms with E-state index in [9.17, 15) is 4.79 Å². The van der Waals surface area contributed by atoms with Crippen LogP contribution < -0.4 is 5.32 Å². The molecular weight excluding hydrogens is 312 g/mol. The zero-order chi connectivity index (χ0) is 17.4. The van der Waals surface area contributed by atoms with Crippen molar-refractivity contribution in [2.75, 3.05) is 0 Å². The molecule has 2 aromatic carbocycles. The summed E-state index contributed by atoms with van der Waals surface area (Å²) in [5.74, 6) is 0.707. The van der Waals surface area contributed by atoms with Crippen LogP contribution in [-0.2, 0) is 13.6 Å². The van der Waals surface area contributed by atoms with E-state index in [1.165, 1.54) is 0 Å². The van der Waals surface area contributed by atoms with Gasteiger partial charge in [0, 0.05) is 18.1 Å². The largest absolute Gasteiger partial charge is 0.345 e. The Labute approximate surface area is 145 Å². The van der Waals surface area contributed by atoms with E-state index < -0.39 is 0 Å². The molecule has 0 aliphatic carbocycles. The van der Waals surface area contributed by atoms with Crippen molar-refractivity contribution < 1.29 is 4.79 Å². The zero-order valence-electron chi connectivity index (χ0n) is 14.2. The standard InChI is InChI=1S/C20H18N4O/c1-13-11-15(14-7-3-4-8-16(14)22-13)20(25)21-12-19-23-17-9-5-6-10-18(17)24(19)2/h3-11H,12H2,1-2H3,(H,21,25). The first-order valence-corrected chi connectivity index (χ1v) is 8.18. The smallest absolute Gasteiger partial charge is 0.252 e. The molecule has 2 heterocycles. The third-order valence-corrected chi connectivity index (χ3v) is 4.38. The van der Waals surface area contributed by atoms with E-state index in [4.69, 9.17) is 0 Å². The van der Waals surface area contributed by atoms with Crippen LogP contribution in [0.25, 0.3) is 21.9 Å². The number of imidazole rings is 1. The van der Waals surface area contributed by atoms with Gasteiger partial charge in [-0.1, -0.05) is 30.3 Å². The summed E-state index contributed by atoms with van der Waals surface area (Å²) in [7, 11) is 1.96. The molecule has 0 radical (unpaired) electrons. The summed E-state index contributed by atoms with van der Waals surface area (Å²) in [5.41, 5.74) is 4.28. The molecule has 1 amide bonds. The third kappa shape index (κ3) is 2.74. The second-order valence-corrected chi connectivity index (χ2v) is 6.09. The van der Waals surface area contributed by atoms with Crippen LogP contribution in [0.2, 0.25) is 0 Å². The summed E-state index contributed by atoms with van der Waals surface area (Å²) in [4.78, 5) is 21.8. The highest BCUT2D eigenvalue weighted by Gasteiger charge is 2.13. The lowest BCUT2D eigenvalue weighted by atomic mass is 10.1. The topological polar surface area (TPSA) is 59.8 Å². The molecule has 4 rings (SSSR count). The highest BCUT2D eigenvalue weighted by molar-refractivity contribution is 6.06. The van der Waals surface area contributed by atoms with Crippen molar-refractivity contribution in [2.45, 2.75) is 13.5 Å². The van der Waals surface area contributed by atoms with Gasteiger partial charge in [0.2, 0.25) is 0 Å². The maximum atomic E-state index is 12.7. The maximum Gasteiger partial charge on any atom is 0.252 e. The van der Waals surface area contributed by atoms with E-state index >= 15 is 0 Å². The fourth-order valence-electron chi connectivity index (χ4n) is 3.10. The van der Waals surface area contributed by atoms with E-state index in [1.807, 2.05) is 73.1 Å². The summed E-state index contributed by atoms with van der Waals surface area (Å²) >= 11 is 0. The van der Waals surface area contributed by atoms with Gasteiger partial charge in [-0.25, -0.2) is 4.98 Å². The van der Waals surface area contributed by atoms with Gasteiger partial charge in [0.1, 0.15) is 5.82 Å². The zero-order valence-corrected chi connectivity index (χ0v) is 14.2. The average molecular weight is 330 g/mol. The minimum Gasteiger partial charge on any atom is -0.345 e. The number of hydrogen-bond acceptors (Lipinski definition) is 3. The lowest BCUT2D eigenvalue weighted by molar-refractivity contribution is 0.0951. The predicted octanol–water partition coefficient (Wildman–Crippen LogP) is 3.36. The molecule has 5 heteroatoms. The van der Waals surface area contributed by atoms with Gasteiger partial charge in [0.05, 0.1) is 28.7 Å². The van der Waals surface area contributed by atoms with Crippen molar-refractivity contribution in [3.63, 3.8) is 0 Å². The van der Waals surface area contributed by atoms with Crippen molar-refractivity contribution in [2.24, 2.45) is 7.05 Å². The molecule has 0 atom stereocenters. The number of aryl methyl sites for hydroxylation is 2. The number of aromatic nitrogens is 3. The van der Waals surface area contributed by atoms with E-state index in [0.29, 0.717) is 12.1 Å². The van der Waals surface area contributed by atoms with Gasteiger partial charge in [-0.15, -0.1) is 0 Å². The molecule has 4 aromatic rings. The average Bonchev–Trinajstić information content (AvgIpc) is 2.95. The van der Waals surface area contributed by atoms with Crippen LogP contribution >= 0.6 is 0 Å². The molecule has 0 aliphatic rings. The molecule has 0 saturated carbocycles. The highest BCUT2D eigenvalue weighted by atomic mass is 16.1. The number of pyridine rings is 1. The van der Waals surface area contributed by atoms with Crippen LogP contribution in [0.1, 0.15) is 21.9 Å². The number of nitrogens with one attached hydrogen (secondary N) is 1. The highest BCUT2D eigenvalue weighted by Crippen LogP contribution is 2.19. The van der Waals surface area contributed by atoms with E-state index in [0.717, 1.165) is 33.5 Å². The quantitative estimate of drug-likeness (QED) is 0.626. The van der Waals surface area contributed by atoms with Gasteiger partial charge in [0.15, 0.2) is 0 Å². The number of fused-ring (bicyclic) bond motifs is 2. The molecular formula is C20H18N4O. The fraction of sp³-hybridized carbons (Fsp3) is 0.150. The molecule has 5 nitrogen and oxygen atoms in total. The molecule has 0 spiro atoms. The maximum absolute atomic E-state index is 12.7. The Morgan fingerprint density at radius 3 is 2.56 bits per heavy atom. The minimum atomic E-state index is -0.117. The molecule has 0 fully saturated rings. The van der Waals surface area contributed by atoms with Crippen molar-refractivity contribution in [3.05, 3.63) is 71.7 Å². The number of hydrogen-bond donors (Lipinski definition) is 1. The van der Waals surface area contributed by atoms with E-state index in [2.05, 4.69) is 15.3 Å². The molecule has 2 aromatic heterocycles. The second-order valence-electron chi connectivity index (χ2n) is 6.09. The molecule has 0 aliphatic heterocycles. The molecule has 1 N–H and O–H groups in total. The molecule has 0 unspecified atom stereocenters. The van der Waals surface area contributed by atoms with Crippen molar-refractivity contribution in [1.29, 1.82) is 0 Å². The van der Waals surface area contributed by atoms with E-state index in [-0.39, 0.29) is 5.91 Å². The first-order chi connectivity index (χ1) is 12.1. The summed E-state index contributed by atoms with van der Waals surface area (Å²) in [6.45, 7) is 2.27. The SMILES string of the molecule is Cc1cc(C(=O)NCc2nc3ccccc3n2C)c2ccccc2n1. The van der Waals surface area contributed by atoms with Gasteiger partial charge < -0.3 is 9.88 Å². The summed E-state index contributed by atoms with van der Waals surface area (Å²) in [5, 5.41) is 3.84. The Morgan fingerprint density at radius 2 is 1.76 bits per heavy atom. The number of para-hydroxylation sites is 3.